The second kappa shape index (κ2) is 8.84. The molecule has 1 saturated heterocycles. The van der Waals surface area contributed by atoms with Crippen LogP contribution in [0.15, 0.2) is 36.4 Å². The molecule has 0 saturated carbocycles. The van der Waals surface area contributed by atoms with Crippen LogP contribution < -0.4 is 14.8 Å². The summed E-state index contributed by atoms with van der Waals surface area (Å²) in [5.41, 5.74) is 3.23. The number of nitrogens with zero attached hydrogens (tertiary/aromatic N) is 1. The van der Waals surface area contributed by atoms with Gasteiger partial charge in [0.25, 0.3) is 0 Å². The van der Waals surface area contributed by atoms with E-state index < -0.39 is 0 Å². The van der Waals surface area contributed by atoms with E-state index >= 15 is 0 Å². The summed E-state index contributed by atoms with van der Waals surface area (Å²) >= 11 is 6.24. The van der Waals surface area contributed by atoms with Crippen LogP contribution in [0.25, 0.3) is 0 Å². The number of nitrogens with one attached hydrogen (secondary N) is 1. The SMILES string of the molecule is O=C(Cc1cc(Cl)c2c(c1)OCCO2)NCc1ccc(CN2CCCC2)cc1. The van der Waals surface area contributed by atoms with Crippen molar-refractivity contribution >= 4 is 17.5 Å². The Balaban J connectivity index is 1.29. The zero-order chi connectivity index (χ0) is 19.3. The first-order valence-corrected chi connectivity index (χ1v) is 10.2. The van der Waals surface area contributed by atoms with E-state index in [9.17, 15) is 4.79 Å². The molecule has 148 valence electrons. The molecule has 5 nitrogen and oxygen atoms in total. The summed E-state index contributed by atoms with van der Waals surface area (Å²) in [5, 5.41) is 3.46. The zero-order valence-corrected chi connectivity index (χ0v) is 16.6. The van der Waals surface area contributed by atoms with Crippen LogP contribution in [0.4, 0.5) is 0 Å². The average Bonchev–Trinajstić information content (AvgIpc) is 3.21. The highest BCUT2D eigenvalue weighted by atomic mass is 35.5. The van der Waals surface area contributed by atoms with Crippen molar-refractivity contribution in [3.05, 3.63) is 58.1 Å². The third-order valence-electron chi connectivity index (χ3n) is 5.14. The lowest BCUT2D eigenvalue weighted by Crippen LogP contribution is -2.25. The molecule has 0 bridgehead atoms. The van der Waals surface area contributed by atoms with E-state index in [1.54, 1.807) is 6.07 Å². The fourth-order valence-corrected chi connectivity index (χ4v) is 3.96. The molecule has 1 N–H and O–H groups in total. The summed E-state index contributed by atoms with van der Waals surface area (Å²) < 4.78 is 11.1. The van der Waals surface area contributed by atoms with E-state index in [1.165, 1.54) is 31.5 Å². The first-order chi connectivity index (χ1) is 13.7. The molecule has 1 fully saturated rings. The number of amides is 1. The van der Waals surface area contributed by atoms with Gasteiger partial charge in [-0.05, 0) is 54.8 Å². The number of fused-ring (bicyclic) bond motifs is 1. The summed E-state index contributed by atoms with van der Waals surface area (Å²) in [4.78, 5) is 14.8. The Kier molecular flexibility index (Phi) is 6.03. The second-order valence-corrected chi connectivity index (χ2v) is 7.76. The number of hydrogen-bond acceptors (Lipinski definition) is 4. The van der Waals surface area contributed by atoms with Crippen molar-refractivity contribution in [1.82, 2.24) is 10.2 Å². The van der Waals surface area contributed by atoms with Gasteiger partial charge in [0.15, 0.2) is 11.5 Å². The maximum atomic E-state index is 12.3. The molecule has 1 amide bonds. The standard InChI is InChI=1S/C22H25ClN2O3/c23-19-11-18(12-20-22(19)28-10-9-27-20)13-21(26)24-14-16-3-5-17(6-4-16)15-25-7-1-2-8-25/h3-6,11-12H,1-2,7-10,13-15H2,(H,24,26). The molecular formula is C22H25ClN2O3. The van der Waals surface area contributed by atoms with Gasteiger partial charge in [-0.1, -0.05) is 35.9 Å². The number of ether oxygens (including phenoxy) is 2. The Morgan fingerprint density at radius 3 is 2.50 bits per heavy atom. The van der Waals surface area contributed by atoms with Gasteiger partial charge in [0.2, 0.25) is 5.91 Å². The fourth-order valence-electron chi connectivity index (χ4n) is 3.68. The third-order valence-corrected chi connectivity index (χ3v) is 5.42. The van der Waals surface area contributed by atoms with Crippen molar-refractivity contribution in [3.63, 3.8) is 0 Å². The molecule has 0 unspecified atom stereocenters. The lowest BCUT2D eigenvalue weighted by molar-refractivity contribution is -0.120. The van der Waals surface area contributed by atoms with E-state index in [2.05, 4.69) is 34.5 Å². The summed E-state index contributed by atoms with van der Waals surface area (Å²) in [6.07, 6.45) is 2.86. The van der Waals surface area contributed by atoms with Crippen molar-refractivity contribution < 1.29 is 14.3 Å². The van der Waals surface area contributed by atoms with Crippen LogP contribution >= 0.6 is 11.6 Å². The molecule has 0 radical (unpaired) electrons. The van der Waals surface area contributed by atoms with Crippen LogP contribution in [0.3, 0.4) is 0 Å². The highest BCUT2D eigenvalue weighted by Gasteiger charge is 2.17. The average molecular weight is 401 g/mol. The van der Waals surface area contributed by atoms with Crippen LogP contribution in [-0.2, 0) is 24.3 Å². The third kappa shape index (κ3) is 4.78. The number of rotatable bonds is 6. The van der Waals surface area contributed by atoms with E-state index in [-0.39, 0.29) is 12.3 Å². The Morgan fingerprint density at radius 2 is 1.71 bits per heavy atom. The number of hydrogen-bond donors (Lipinski definition) is 1. The molecule has 2 aliphatic heterocycles. The fraction of sp³-hybridized carbons (Fsp3) is 0.409. The van der Waals surface area contributed by atoms with Crippen molar-refractivity contribution in [1.29, 1.82) is 0 Å². The minimum absolute atomic E-state index is 0.0473. The van der Waals surface area contributed by atoms with Gasteiger partial charge in [0.05, 0.1) is 11.4 Å². The summed E-state index contributed by atoms with van der Waals surface area (Å²) in [6, 6.07) is 12.1. The van der Waals surface area contributed by atoms with Crippen LogP contribution in [0.5, 0.6) is 11.5 Å². The molecule has 4 rings (SSSR count). The monoisotopic (exact) mass is 400 g/mol. The molecule has 28 heavy (non-hydrogen) atoms. The van der Waals surface area contributed by atoms with Gasteiger partial charge < -0.3 is 14.8 Å². The van der Waals surface area contributed by atoms with Gasteiger partial charge >= 0.3 is 0 Å². The smallest absolute Gasteiger partial charge is 0.224 e. The maximum absolute atomic E-state index is 12.3. The van der Waals surface area contributed by atoms with Gasteiger partial charge in [-0.15, -0.1) is 0 Å². The molecular weight excluding hydrogens is 376 g/mol. The summed E-state index contributed by atoms with van der Waals surface area (Å²) in [6.45, 7) is 4.90. The van der Waals surface area contributed by atoms with Gasteiger partial charge in [0, 0.05) is 13.1 Å². The Hall–Kier alpha value is -2.24. The number of carbonyl (C=O) groups is 1. The first kappa shape index (κ1) is 19.1. The summed E-state index contributed by atoms with van der Waals surface area (Å²) in [5.74, 6) is 1.12. The van der Waals surface area contributed by atoms with E-state index in [4.69, 9.17) is 21.1 Å². The molecule has 0 aromatic heterocycles. The van der Waals surface area contributed by atoms with Gasteiger partial charge in [-0.25, -0.2) is 0 Å². The number of halogens is 1. The van der Waals surface area contributed by atoms with Gasteiger partial charge in [-0.2, -0.15) is 0 Å². The summed E-state index contributed by atoms with van der Waals surface area (Å²) in [7, 11) is 0. The maximum Gasteiger partial charge on any atom is 0.224 e. The van der Waals surface area contributed by atoms with Crippen molar-refractivity contribution in [2.75, 3.05) is 26.3 Å². The lowest BCUT2D eigenvalue weighted by Gasteiger charge is -2.20. The van der Waals surface area contributed by atoms with Gasteiger partial charge in [-0.3, -0.25) is 9.69 Å². The molecule has 0 atom stereocenters. The topological polar surface area (TPSA) is 50.8 Å². The van der Waals surface area contributed by atoms with E-state index in [1.807, 2.05) is 6.07 Å². The van der Waals surface area contributed by atoms with Crippen molar-refractivity contribution in [2.45, 2.75) is 32.4 Å². The Bertz CT molecular complexity index is 832. The zero-order valence-electron chi connectivity index (χ0n) is 15.9. The van der Waals surface area contributed by atoms with Crippen LogP contribution in [0.2, 0.25) is 5.02 Å². The van der Waals surface area contributed by atoms with Crippen LogP contribution in [0, 0.1) is 0 Å². The van der Waals surface area contributed by atoms with Crippen molar-refractivity contribution in [2.24, 2.45) is 0 Å². The highest BCUT2D eigenvalue weighted by molar-refractivity contribution is 6.32. The first-order valence-electron chi connectivity index (χ1n) is 9.82. The number of likely N-dealkylation sites (tertiary alicyclic amines) is 1. The minimum atomic E-state index is -0.0473. The molecule has 0 spiro atoms. The largest absolute Gasteiger partial charge is 0.486 e. The van der Waals surface area contributed by atoms with Crippen LogP contribution in [0.1, 0.15) is 29.5 Å². The Morgan fingerprint density at radius 1 is 1.00 bits per heavy atom. The molecule has 2 aromatic carbocycles. The molecule has 0 aliphatic carbocycles. The molecule has 2 aromatic rings. The molecule has 2 heterocycles. The van der Waals surface area contributed by atoms with Crippen LogP contribution in [-0.4, -0.2) is 37.1 Å². The highest BCUT2D eigenvalue weighted by Crippen LogP contribution is 2.38. The number of carbonyl (C=O) groups excluding carboxylic acids is 1. The minimum Gasteiger partial charge on any atom is -0.486 e. The normalized spacial score (nSPS) is 16.2. The quantitative estimate of drug-likeness (QED) is 0.805. The molecule has 6 heteroatoms. The van der Waals surface area contributed by atoms with E-state index in [0.29, 0.717) is 36.3 Å². The van der Waals surface area contributed by atoms with Gasteiger partial charge in [0.1, 0.15) is 13.2 Å². The predicted molar refractivity (Wildman–Crippen MR) is 109 cm³/mol. The van der Waals surface area contributed by atoms with E-state index in [0.717, 1.165) is 17.7 Å². The Labute approximate surface area is 170 Å². The second-order valence-electron chi connectivity index (χ2n) is 7.36. The number of benzene rings is 2. The predicted octanol–water partition coefficient (Wildman–Crippen LogP) is 3.57. The lowest BCUT2D eigenvalue weighted by atomic mass is 10.1. The molecule has 2 aliphatic rings. The van der Waals surface area contributed by atoms with Crippen molar-refractivity contribution in [3.8, 4) is 11.5 Å².